The number of carbonyl (C=O) groups excluding carboxylic acids is 2. The zero-order chi connectivity index (χ0) is 23.1. The summed E-state index contributed by atoms with van der Waals surface area (Å²) in [6.45, 7) is 0.632. The molecule has 3 heterocycles. The fourth-order valence-electron chi connectivity index (χ4n) is 4.33. The van der Waals surface area contributed by atoms with Gasteiger partial charge in [-0.05, 0) is 30.7 Å². The number of aromatic amines is 1. The van der Waals surface area contributed by atoms with Crippen molar-refractivity contribution in [2.75, 3.05) is 5.75 Å². The molecule has 5 rings (SSSR count). The maximum Gasteiger partial charge on any atom is 0.259 e. The van der Waals surface area contributed by atoms with Crippen molar-refractivity contribution in [1.29, 1.82) is 5.41 Å². The second kappa shape index (κ2) is 8.18. The highest BCUT2D eigenvalue weighted by molar-refractivity contribution is 8.13. The lowest BCUT2D eigenvalue weighted by molar-refractivity contribution is -0.122. The molecule has 0 spiro atoms. The standard InChI is InChI=1S/C24H21N5O3S/c25-24(26)33-9-3-8-29-12-17(15-10-13(30)6-7-19(15)29)21-20(22(31)28-23(21)32)16-11-27-18-5-2-1-4-14(16)18/h1-2,4-7,10-12,27,30H,3,8-9H2,(H3,25,26)(H,28,31,32). The van der Waals surface area contributed by atoms with Gasteiger partial charge >= 0.3 is 0 Å². The van der Waals surface area contributed by atoms with Crippen LogP contribution in [0.15, 0.2) is 54.9 Å². The summed E-state index contributed by atoms with van der Waals surface area (Å²) >= 11 is 1.28. The number of benzene rings is 2. The Labute approximate surface area is 193 Å². The minimum absolute atomic E-state index is 0.0765. The largest absolute Gasteiger partial charge is 0.508 e. The molecule has 2 aromatic heterocycles. The molecule has 0 fully saturated rings. The van der Waals surface area contributed by atoms with Crippen molar-refractivity contribution in [2.24, 2.45) is 5.73 Å². The zero-order valence-corrected chi connectivity index (χ0v) is 18.3. The second-order valence-electron chi connectivity index (χ2n) is 7.79. The highest BCUT2D eigenvalue weighted by atomic mass is 32.2. The Kier molecular flexibility index (Phi) is 5.18. The molecule has 1 aliphatic rings. The molecule has 8 nitrogen and oxygen atoms in total. The smallest absolute Gasteiger partial charge is 0.259 e. The number of aromatic hydroxyl groups is 1. The van der Waals surface area contributed by atoms with Crippen LogP contribution in [0.3, 0.4) is 0 Å². The van der Waals surface area contributed by atoms with Crippen LogP contribution in [-0.4, -0.2) is 37.4 Å². The lowest BCUT2D eigenvalue weighted by Gasteiger charge is -2.05. The van der Waals surface area contributed by atoms with Crippen LogP contribution in [-0.2, 0) is 16.1 Å². The minimum atomic E-state index is -0.463. The van der Waals surface area contributed by atoms with Crippen molar-refractivity contribution in [3.05, 3.63) is 66.0 Å². The number of nitrogens with one attached hydrogen (secondary N) is 3. The molecule has 2 aromatic carbocycles. The maximum atomic E-state index is 13.0. The molecule has 9 heteroatoms. The molecular formula is C24H21N5O3S. The molecular weight excluding hydrogens is 438 g/mol. The van der Waals surface area contributed by atoms with Crippen molar-refractivity contribution in [3.63, 3.8) is 0 Å². The molecule has 166 valence electrons. The molecule has 1 aliphatic heterocycles. The number of hydrogen-bond donors (Lipinski definition) is 5. The highest BCUT2D eigenvalue weighted by Crippen LogP contribution is 2.39. The van der Waals surface area contributed by atoms with Crippen LogP contribution in [0.1, 0.15) is 17.5 Å². The lowest BCUT2D eigenvalue weighted by atomic mass is 9.95. The highest BCUT2D eigenvalue weighted by Gasteiger charge is 2.35. The maximum absolute atomic E-state index is 13.0. The van der Waals surface area contributed by atoms with Crippen LogP contribution < -0.4 is 11.1 Å². The first-order valence-corrected chi connectivity index (χ1v) is 11.4. The van der Waals surface area contributed by atoms with E-state index in [4.69, 9.17) is 11.1 Å². The Balaban J connectivity index is 1.67. The lowest BCUT2D eigenvalue weighted by Crippen LogP contribution is -2.22. The number of hydrogen-bond acceptors (Lipinski definition) is 5. The quantitative estimate of drug-likeness (QED) is 0.130. The average molecular weight is 460 g/mol. The number of imide groups is 1. The average Bonchev–Trinajstić information content (AvgIpc) is 3.43. The Bertz CT molecular complexity index is 1480. The van der Waals surface area contributed by atoms with Crippen molar-refractivity contribution >= 4 is 61.7 Å². The van der Waals surface area contributed by atoms with E-state index >= 15 is 0 Å². The van der Waals surface area contributed by atoms with Gasteiger partial charge in [-0.2, -0.15) is 0 Å². The summed E-state index contributed by atoms with van der Waals surface area (Å²) in [7, 11) is 0. The Morgan fingerprint density at radius 1 is 1.06 bits per heavy atom. The van der Waals surface area contributed by atoms with E-state index in [2.05, 4.69) is 10.3 Å². The van der Waals surface area contributed by atoms with Gasteiger partial charge in [0.25, 0.3) is 11.8 Å². The first-order chi connectivity index (χ1) is 15.9. The topological polar surface area (TPSA) is 137 Å². The first-order valence-electron chi connectivity index (χ1n) is 10.4. The van der Waals surface area contributed by atoms with E-state index < -0.39 is 11.8 Å². The van der Waals surface area contributed by atoms with Gasteiger partial charge in [0.15, 0.2) is 5.17 Å². The number of H-pyrrole nitrogens is 1. The number of nitrogens with zero attached hydrogens (tertiary/aromatic N) is 1. The molecule has 0 saturated heterocycles. The number of thioether (sulfide) groups is 1. The van der Waals surface area contributed by atoms with Crippen LogP contribution in [0, 0.1) is 5.41 Å². The van der Waals surface area contributed by atoms with Crippen LogP contribution >= 0.6 is 11.8 Å². The summed E-state index contributed by atoms with van der Waals surface area (Å²) in [6.07, 6.45) is 4.35. The van der Waals surface area contributed by atoms with E-state index in [1.165, 1.54) is 11.8 Å². The number of amidine groups is 1. The number of carbonyl (C=O) groups is 2. The number of para-hydroxylation sites is 1. The molecule has 0 bridgehead atoms. The van der Waals surface area contributed by atoms with Gasteiger partial charge in [-0.1, -0.05) is 30.0 Å². The summed E-state index contributed by atoms with van der Waals surface area (Å²) in [5.74, 6) is -0.147. The number of nitrogens with two attached hydrogens (primary N) is 1. The third kappa shape index (κ3) is 3.66. The van der Waals surface area contributed by atoms with Gasteiger partial charge in [0, 0.05) is 57.6 Å². The molecule has 33 heavy (non-hydrogen) atoms. The number of fused-ring (bicyclic) bond motifs is 2. The fraction of sp³-hybridized carbons (Fsp3) is 0.125. The summed E-state index contributed by atoms with van der Waals surface area (Å²) in [5, 5.41) is 21.6. The molecule has 0 unspecified atom stereocenters. The van der Waals surface area contributed by atoms with Crippen molar-refractivity contribution < 1.29 is 14.7 Å². The monoisotopic (exact) mass is 459 g/mol. The number of rotatable bonds is 6. The van der Waals surface area contributed by atoms with Crippen LogP contribution in [0.4, 0.5) is 0 Å². The molecule has 2 amide bonds. The summed E-state index contributed by atoms with van der Waals surface area (Å²) in [4.78, 5) is 29.1. The van der Waals surface area contributed by atoms with E-state index in [1.54, 1.807) is 24.4 Å². The Morgan fingerprint density at radius 3 is 2.61 bits per heavy atom. The third-order valence-corrected chi connectivity index (χ3v) is 6.53. The molecule has 0 saturated carbocycles. The first kappa shape index (κ1) is 20.9. The van der Waals surface area contributed by atoms with E-state index in [9.17, 15) is 14.7 Å². The molecule has 6 N–H and O–H groups in total. The fourth-order valence-corrected chi connectivity index (χ4v) is 4.83. The number of aromatic nitrogens is 2. The number of aryl methyl sites for hydroxylation is 1. The molecule has 0 atom stereocenters. The predicted octanol–water partition coefficient (Wildman–Crippen LogP) is 3.41. The number of phenols is 1. The number of amides is 2. The Morgan fingerprint density at radius 2 is 1.82 bits per heavy atom. The summed E-state index contributed by atoms with van der Waals surface area (Å²) in [5.41, 5.74) is 8.98. The molecule has 4 aromatic rings. The van der Waals surface area contributed by atoms with Gasteiger partial charge in [0.05, 0.1) is 11.1 Å². The van der Waals surface area contributed by atoms with Gasteiger partial charge in [0.1, 0.15) is 5.75 Å². The SMILES string of the molecule is N=C(N)SCCCn1cc(C2=C(c3c[nH]c4ccccc34)C(=O)NC2=O)c2cc(O)ccc21. The van der Waals surface area contributed by atoms with Crippen LogP contribution in [0.25, 0.3) is 33.0 Å². The van der Waals surface area contributed by atoms with Gasteiger partial charge in [-0.25, -0.2) is 0 Å². The van der Waals surface area contributed by atoms with E-state index in [0.717, 1.165) is 22.8 Å². The zero-order valence-electron chi connectivity index (χ0n) is 17.5. The number of phenolic OH excluding ortho intramolecular Hbond substituents is 1. The van der Waals surface area contributed by atoms with Crippen LogP contribution in [0.2, 0.25) is 0 Å². The molecule has 0 radical (unpaired) electrons. The van der Waals surface area contributed by atoms with Crippen molar-refractivity contribution in [1.82, 2.24) is 14.9 Å². The van der Waals surface area contributed by atoms with E-state index in [-0.39, 0.29) is 16.5 Å². The van der Waals surface area contributed by atoms with Crippen LogP contribution in [0.5, 0.6) is 5.75 Å². The predicted molar refractivity (Wildman–Crippen MR) is 131 cm³/mol. The molecule has 0 aliphatic carbocycles. The van der Waals surface area contributed by atoms with Gasteiger partial charge in [0.2, 0.25) is 0 Å². The second-order valence-corrected chi connectivity index (χ2v) is 8.92. The normalized spacial score (nSPS) is 13.9. The Hall–Kier alpha value is -3.98. The van der Waals surface area contributed by atoms with Crippen molar-refractivity contribution in [3.8, 4) is 5.75 Å². The summed E-state index contributed by atoms with van der Waals surface area (Å²) in [6, 6.07) is 12.6. The van der Waals surface area contributed by atoms with Gasteiger partial charge < -0.3 is 20.4 Å². The van der Waals surface area contributed by atoms with Gasteiger partial charge in [-0.15, -0.1) is 0 Å². The van der Waals surface area contributed by atoms with E-state index in [0.29, 0.717) is 34.4 Å². The van der Waals surface area contributed by atoms with E-state index in [1.807, 2.05) is 35.0 Å². The van der Waals surface area contributed by atoms with Gasteiger partial charge in [-0.3, -0.25) is 20.3 Å². The summed E-state index contributed by atoms with van der Waals surface area (Å²) < 4.78 is 2.00. The third-order valence-electron chi connectivity index (χ3n) is 5.72. The minimum Gasteiger partial charge on any atom is -0.508 e. The van der Waals surface area contributed by atoms with Crippen molar-refractivity contribution in [2.45, 2.75) is 13.0 Å².